The second kappa shape index (κ2) is 8.86. The number of likely N-dealkylation sites (tertiary alicyclic amines) is 1. The number of nitriles is 1. The number of thiophene rings is 1. The molecule has 0 amide bonds. The number of anilines is 1. The fourth-order valence-electron chi connectivity index (χ4n) is 3.59. The standard InChI is InChI=1S/C16H16N4S.C4H4O4/c1-19-8-12-9-20(14(12)10-19)13-5-11(6-17)16(18-7-13)15-3-2-4-21-15;5-3(6)1-2-4(7)8/h2-5,7,12,14H,8-10H2,1H3;1-2H,(H,5,6)(H,7,8)/b;2-1+/t12-,14-;/m1./s1. The van der Waals surface area contributed by atoms with Crippen molar-refractivity contribution in [2.75, 3.05) is 31.6 Å². The third-order valence-corrected chi connectivity index (χ3v) is 5.75. The number of carboxylic acids is 2. The van der Waals surface area contributed by atoms with Gasteiger partial charge in [0.15, 0.2) is 0 Å². The highest BCUT2D eigenvalue weighted by molar-refractivity contribution is 7.13. The lowest BCUT2D eigenvalue weighted by Crippen LogP contribution is -2.55. The van der Waals surface area contributed by atoms with Gasteiger partial charge in [0.1, 0.15) is 6.07 Å². The number of rotatable bonds is 4. The predicted octanol–water partition coefficient (Wildman–Crippen LogP) is 2.14. The molecule has 4 heterocycles. The van der Waals surface area contributed by atoms with Gasteiger partial charge in [-0.3, -0.25) is 4.98 Å². The summed E-state index contributed by atoms with van der Waals surface area (Å²) in [6.07, 6.45) is 3.04. The zero-order valence-electron chi connectivity index (χ0n) is 15.7. The molecule has 9 heteroatoms. The Hall–Kier alpha value is -3.22. The maximum absolute atomic E-state index is 9.55. The van der Waals surface area contributed by atoms with Crippen LogP contribution in [0.15, 0.2) is 41.9 Å². The van der Waals surface area contributed by atoms with Crippen molar-refractivity contribution in [2.45, 2.75) is 6.04 Å². The second-order valence-electron chi connectivity index (χ2n) is 6.89. The average Bonchev–Trinajstić information content (AvgIpc) is 3.30. The highest BCUT2D eigenvalue weighted by atomic mass is 32.1. The predicted molar refractivity (Wildman–Crippen MR) is 109 cm³/mol. The minimum absolute atomic E-state index is 0.558. The van der Waals surface area contributed by atoms with Crippen LogP contribution < -0.4 is 4.90 Å². The average molecular weight is 412 g/mol. The van der Waals surface area contributed by atoms with E-state index in [9.17, 15) is 14.9 Å². The van der Waals surface area contributed by atoms with Crippen molar-refractivity contribution < 1.29 is 19.8 Å². The first-order chi connectivity index (χ1) is 13.9. The summed E-state index contributed by atoms with van der Waals surface area (Å²) in [5, 5.41) is 27.1. The summed E-state index contributed by atoms with van der Waals surface area (Å²) in [6, 6.07) is 8.90. The van der Waals surface area contributed by atoms with Crippen molar-refractivity contribution in [3.05, 3.63) is 47.5 Å². The van der Waals surface area contributed by atoms with Crippen molar-refractivity contribution in [3.63, 3.8) is 0 Å². The largest absolute Gasteiger partial charge is 0.478 e. The van der Waals surface area contributed by atoms with Gasteiger partial charge in [-0.2, -0.15) is 5.26 Å². The molecule has 2 N–H and O–H groups in total. The Morgan fingerprint density at radius 2 is 2.00 bits per heavy atom. The van der Waals surface area contributed by atoms with Crippen LogP contribution >= 0.6 is 11.3 Å². The number of carboxylic acid groups (broad SMARTS) is 2. The molecule has 8 nitrogen and oxygen atoms in total. The van der Waals surface area contributed by atoms with Gasteiger partial charge in [-0.25, -0.2) is 9.59 Å². The first-order valence-corrected chi connectivity index (χ1v) is 9.80. The molecule has 2 aromatic heterocycles. The number of hydrogen-bond donors (Lipinski definition) is 2. The van der Waals surface area contributed by atoms with Gasteiger partial charge in [-0.15, -0.1) is 11.3 Å². The molecule has 0 spiro atoms. The lowest BCUT2D eigenvalue weighted by atomic mass is 9.91. The SMILES string of the molecule is CN1C[C@@H]2CN(c3cnc(-c4cccs4)c(C#N)c3)[C@@H]2C1.O=C(O)/C=C/C(=O)O. The van der Waals surface area contributed by atoms with E-state index in [2.05, 4.69) is 27.9 Å². The molecule has 0 aliphatic carbocycles. The molecule has 150 valence electrons. The number of aliphatic carboxylic acids is 2. The lowest BCUT2D eigenvalue weighted by Gasteiger charge is -2.45. The number of fused-ring (bicyclic) bond motifs is 1. The Kier molecular flexibility index (Phi) is 6.26. The molecule has 0 bridgehead atoms. The molecule has 2 aliphatic heterocycles. The van der Waals surface area contributed by atoms with Crippen LogP contribution in [0.5, 0.6) is 0 Å². The highest BCUT2D eigenvalue weighted by Gasteiger charge is 2.44. The molecule has 2 saturated heterocycles. The summed E-state index contributed by atoms with van der Waals surface area (Å²) in [4.78, 5) is 29.5. The van der Waals surface area contributed by atoms with Crippen LogP contribution in [0, 0.1) is 17.2 Å². The molecule has 2 atom stereocenters. The van der Waals surface area contributed by atoms with E-state index in [0.29, 0.717) is 23.8 Å². The van der Waals surface area contributed by atoms with E-state index in [-0.39, 0.29) is 0 Å². The summed E-state index contributed by atoms with van der Waals surface area (Å²) >= 11 is 1.62. The van der Waals surface area contributed by atoms with Crippen molar-refractivity contribution in [1.82, 2.24) is 9.88 Å². The molecule has 0 aromatic carbocycles. The van der Waals surface area contributed by atoms with Gasteiger partial charge in [0.25, 0.3) is 0 Å². The highest BCUT2D eigenvalue weighted by Crippen LogP contribution is 2.37. The van der Waals surface area contributed by atoms with Crippen LogP contribution in [0.4, 0.5) is 5.69 Å². The number of nitrogens with zero attached hydrogens (tertiary/aromatic N) is 4. The molecule has 0 unspecified atom stereocenters. The molecule has 2 aliphatic rings. The molecule has 2 fully saturated rings. The minimum Gasteiger partial charge on any atom is -0.478 e. The fourth-order valence-corrected chi connectivity index (χ4v) is 4.33. The summed E-state index contributed by atoms with van der Waals surface area (Å²) < 4.78 is 0. The van der Waals surface area contributed by atoms with E-state index in [4.69, 9.17) is 10.2 Å². The molecule has 4 rings (SSSR count). The second-order valence-corrected chi connectivity index (χ2v) is 7.84. The molecular weight excluding hydrogens is 392 g/mol. The van der Waals surface area contributed by atoms with E-state index in [1.807, 2.05) is 29.8 Å². The van der Waals surface area contributed by atoms with Crippen LogP contribution in [0.3, 0.4) is 0 Å². The normalized spacial score (nSPS) is 20.3. The molecular formula is C20H20N4O4S. The third-order valence-electron chi connectivity index (χ3n) is 4.87. The van der Waals surface area contributed by atoms with Gasteiger partial charge in [0.05, 0.1) is 28.0 Å². The molecule has 2 aromatic rings. The van der Waals surface area contributed by atoms with Crippen LogP contribution in [-0.2, 0) is 9.59 Å². The van der Waals surface area contributed by atoms with Gasteiger partial charge in [-0.05, 0) is 24.6 Å². The van der Waals surface area contributed by atoms with E-state index in [0.717, 1.165) is 35.3 Å². The summed E-state index contributed by atoms with van der Waals surface area (Å²) in [5.41, 5.74) is 2.56. The van der Waals surface area contributed by atoms with Crippen LogP contribution in [0.2, 0.25) is 0 Å². The maximum atomic E-state index is 9.55. The topological polar surface area (TPSA) is 118 Å². The van der Waals surface area contributed by atoms with Gasteiger partial charge in [0.2, 0.25) is 0 Å². The Bertz CT molecular complexity index is 951. The van der Waals surface area contributed by atoms with E-state index in [1.165, 1.54) is 6.54 Å². The zero-order valence-corrected chi connectivity index (χ0v) is 16.5. The van der Waals surface area contributed by atoms with Gasteiger partial charge < -0.3 is 20.0 Å². The first kappa shape index (κ1) is 20.5. The van der Waals surface area contributed by atoms with Crippen molar-refractivity contribution in [1.29, 1.82) is 5.26 Å². The third kappa shape index (κ3) is 4.80. The summed E-state index contributed by atoms with van der Waals surface area (Å²) in [6.45, 7) is 3.38. The van der Waals surface area contributed by atoms with Crippen molar-refractivity contribution >= 4 is 29.0 Å². The Morgan fingerprint density at radius 1 is 1.28 bits per heavy atom. The Labute approximate surface area is 171 Å². The monoisotopic (exact) mass is 412 g/mol. The Balaban J connectivity index is 0.000000258. The van der Waals surface area contributed by atoms with E-state index < -0.39 is 11.9 Å². The molecule has 0 radical (unpaired) electrons. The van der Waals surface area contributed by atoms with Crippen molar-refractivity contribution in [2.24, 2.45) is 5.92 Å². The summed E-state index contributed by atoms with van der Waals surface area (Å²) in [7, 11) is 2.18. The molecule has 29 heavy (non-hydrogen) atoms. The summed E-state index contributed by atoms with van der Waals surface area (Å²) in [5.74, 6) is -1.74. The van der Waals surface area contributed by atoms with Gasteiger partial charge in [-0.1, -0.05) is 6.07 Å². The number of aromatic nitrogens is 1. The van der Waals surface area contributed by atoms with E-state index >= 15 is 0 Å². The smallest absolute Gasteiger partial charge is 0.328 e. The zero-order chi connectivity index (χ0) is 21.0. The lowest BCUT2D eigenvalue weighted by molar-refractivity contribution is -0.134. The van der Waals surface area contributed by atoms with Gasteiger partial charge >= 0.3 is 11.9 Å². The molecule has 0 saturated carbocycles. The Morgan fingerprint density at radius 3 is 2.55 bits per heavy atom. The van der Waals surface area contributed by atoms with E-state index in [1.54, 1.807) is 11.3 Å². The maximum Gasteiger partial charge on any atom is 0.328 e. The van der Waals surface area contributed by atoms with Gasteiger partial charge in [0, 0.05) is 43.7 Å². The first-order valence-electron chi connectivity index (χ1n) is 8.92. The fraction of sp³-hybridized carbons (Fsp3) is 0.300. The van der Waals surface area contributed by atoms with Crippen molar-refractivity contribution in [3.8, 4) is 16.6 Å². The van der Waals surface area contributed by atoms with Crippen LogP contribution in [0.1, 0.15) is 5.56 Å². The number of hydrogen-bond acceptors (Lipinski definition) is 7. The number of carbonyl (C=O) groups is 2. The van der Waals surface area contributed by atoms with Crippen LogP contribution in [-0.4, -0.2) is 64.8 Å². The number of likely N-dealkylation sites (N-methyl/N-ethyl adjacent to an activating group) is 1. The van der Waals surface area contributed by atoms with Crippen LogP contribution in [0.25, 0.3) is 10.6 Å². The number of pyridine rings is 1. The quantitative estimate of drug-likeness (QED) is 0.734. The minimum atomic E-state index is -1.26.